The average molecular weight is 326 g/mol. The van der Waals surface area contributed by atoms with Gasteiger partial charge in [0.1, 0.15) is 5.75 Å². The highest BCUT2D eigenvalue weighted by molar-refractivity contribution is 5.79. The number of nitrogens with one attached hydrogen (secondary N) is 1. The van der Waals surface area contributed by atoms with Gasteiger partial charge in [-0.05, 0) is 36.1 Å². The van der Waals surface area contributed by atoms with Crippen LogP contribution in [0, 0.1) is 5.92 Å². The Morgan fingerprint density at radius 2 is 1.92 bits per heavy atom. The molecule has 0 fully saturated rings. The van der Waals surface area contributed by atoms with Crippen molar-refractivity contribution in [2.24, 2.45) is 11.7 Å². The molecule has 1 amide bonds. The van der Waals surface area contributed by atoms with Crippen molar-refractivity contribution in [2.75, 3.05) is 13.7 Å². The molecule has 0 heterocycles. The van der Waals surface area contributed by atoms with Gasteiger partial charge in [-0.15, -0.1) is 0 Å². The van der Waals surface area contributed by atoms with E-state index in [-0.39, 0.29) is 17.9 Å². The molecule has 0 aliphatic heterocycles. The maximum Gasteiger partial charge on any atom is 0.224 e. The molecule has 4 heteroatoms. The van der Waals surface area contributed by atoms with E-state index in [4.69, 9.17) is 10.5 Å². The third kappa shape index (κ3) is 5.10. The topological polar surface area (TPSA) is 64.3 Å². The van der Waals surface area contributed by atoms with Gasteiger partial charge >= 0.3 is 0 Å². The number of methoxy groups -OCH3 is 1. The molecule has 0 spiro atoms. The van der Waals surface area contributed by atoms with Crippen LogP contribution in [0.1, 0.15) is 30.5 Å². The van der Waals surface area contributed by atoms with Crippen molar-refractivity contribution in [3.63, 3.8) is 0 Å². The predicted molar refractivity (Wildman–Crippen MR) is 96.9 cm³/mol. The summed E-state index contributed by atoms with van der Waals surface area (Å²) in [6.45, 7) is 2.51. The summed E-state index contributed by atoms with van der Waals surface area (Å²) >= 11 is 0. The summed E-state index contributed by atoms with van der Waals surface area (Å²) in [5.74, 6) is 0.597. The largest absolute Gasteiger partial charge is 0.497 e. The first-order chi connectivity index (χ1) is 11.6. The molecule has 0 aromatic heterocycles. The number of ether oxygens (including phenoxy) is 1. The maximum atomic E-state index is 12.3. The number of rotatable bonds is 8. The molecule has 0 aliphatic carbocycles. The van der Waals surface area contributed by atoms with Crippen LogP contribution in [0.5, 0.6) is 5.75 Å². The Morgan fingerprint density at radius 1 is 1.17 bits per heavy atom. The molecule has 2 rings (SSSR count). The Balaban J connectivity index is 1.76. The highest BCUT2D eigenvalue weighted by Gasteiger charge is 2.21. The normalized spacial score (nSPS) is 13.1. The third-order valence-electron chi connectivity index (χ3n) is 4.21. The fraction of sp³-hybridized carbons (Fsp3) is 0.350. The van der Waals surface area contributed by atoms with Crippen LogP contribution < -0.4 is 15.8 Å². The maximum absolute atomic E-state index is 12.3. The zero-order valence-corrected chi connectivity index (χ0v) is 14.4. The van der Waals surface area contributed by atoms with Gasteiger partial charge in [0.05, 0.1) is 13.0 Å². The molecule has 24 heavy (non-hydrogen) atoms. The Labute approximate surface area is 144 Å². The Morgan fingerprint density at radius 3 is 2.62 bits per heavy atom. The van der Waals surface area contributed by atoms with Crippen LogP contribution in [0.15, 0.2) is 54.6 Å². The van der Waals surface area contributed by atoms with Crippen LogP contribution in [-0.2, 0) is 11.2 Å². The highest BCUT2D eigenvalue weighted by Crippen LogP contribution is 2.19. The number of hydrogen-bond acceptors (Lipinski definition) is 3. The van der Waals surface area contributed by atoms with Crippen LogP contribution in [0.2, 0.25) is 0 Å². The molecule has 3 N–H and O–H groups in total. The monoisotopic (exact) mass is 326 g/mol. The lowest BCUT2D eigenvalue weighted by atomic mass is 9.94. The molecule has 0 radical (unpaired) electrons. The minimum atomic E-state index is -0.287. The van der Waals surface area contributed by atoms with E-state index in [9.17, 15) is 4.79 Å². The first-order valence-corrected chi connectivity index (χ1v) is 8.33. The number of carbonyl (C=O) groups is 1. The summed E-state index contributed by atoms with van der Waals surface area (Å²) in [5.41, 5.74) is 8.38. The lowest BCUT2D eigenvalue weighted by molar-refractivity contribution is -0.125. The van der Waals surface area contributed by atoms with Crippen molar-refractivity contribution in [1.29, 1.82) is 0 Å². The molecule has 2 aromatic carbocycles. The molecule has 0 bridgehead atoms. The van der Waals surface area contributed by atoms with E-state index in [1.54, 1.807) is 7.11 Å². The van der Waals surface area contributed by atoms with E-state index >= 15 is 0 Å². The quantitative estimate of drug-likeness (QED) is 0.733. The first-order valence-electron chi connectivity index (χ1n) is 8.33. The number of amides is 1. The number of carbonyl (C=O) groups excluding carboxylic acids is 1. The van der Waals surface area contributed by atoms with Crippen LogP contribution in [0.3, 0.4) is 0 Å². The summed E-state index contributed by atoms with van der Waals surface area (Å²) in [6.07, 6.45) is 1.78. The van der Waals surface area contributed by atoms with Gasteiger partial charge in [0, 0.05) is 12.6 Å². The van der Waals surface area contributed by atoms with Crippen molar-refractivity contribution in [3.05, 3.63) is 65.7 Å². The van der Waals surface area contributed by atoms with Gasteiger partial charge in [0.2, 0.25) is 5.91 Å². The van der Waals surface area contributed by atoms with Crippen LogP contribution in [0.25, 0.3) is 0 Å². The number of aryl methyl sites for hydroxylation is 1. The predicted octanol–water partition coefficient (Wildman–Crippen LogP) is 3.08. The molecule has 0 saturated heterocycles. The van der Waals surface area contributed by atoms with Gasteiger partial charge in [-0.3, -0.25) is 4.79 Å². The minimum Gasteiger partial charge on any atom is -0.497 e. The first kappa shape index (κ1) is 18.0. The number of hydrogen-bond donors (Lipinski definition) is 2. The molecule has 2 unspecified atom stereocenters. The number of benzene rings is 2. The SMILES string of the molecule is COc1cccc(CCCNC(=O)C(C)C(N)c2ccccc2)c1. The molecular weight excluding hydrogens is 300 g/mol. The van der Waals surface area contributed by atoms with Gasteiger partial charge < -0.3 is 15.8 Å². The number of nitrogens with two attached hydrogens (primary N) is 1. The van der Waals surface area contributed by atoms with E-state index in [2.05, 4.69) is 11.4 Å². The average Bonchev–Trinajstić information content (AvgIpc) is 2.64. The van der Waals surface area contributed by atoms with Crippen molar-refractivity contribution >= 4 is 5.91 Å². The zero-order chi connectivity index (χ0) is 17.4. The summed E-state index contributed by atoms with van der Waals surface area (Å²) in [6, 6.07) is 17.4. The Hall–Kier alpha value is -2.33. The summed E-state index contributed by atoms with van der Waals surface area (Å²) in [5, 5.41) is 2.98. The molecule has 0 saturated carbocycles. The summed E-state index contributed by atoms with van der Waals surface area (Å²) in [4.78, 5) is 12.3. The highest BCUT2D eigenvalue weighted by atomic mass is 16.5. The fourth-order valence-corrected chi connectivity index (χ4v) is 2.62. The molecule has 2 atom stereocenters. The van der Waals surface area contributed by atoms with Gasteiger partial charge in [-0.1, -0.05) is 49.4 Å². The second-order valence-electron chi connectivity index (χ2n) is 5.97. The van der Waals surface area contributed by atoms with Crippen LogP contribution >= 0.6 is 0 Å². The van der Waals surface area contributed by atoms with Gasteiger partial charge in [-0.25, -0.2) is 0 Å². The van der Waals surface area contributed by atoms with Crippen molar-refractivity contribution in [3.8, 4) is 5.75 Å². The van der Waals surface area contributed by atoms with E-state index in [0.717, 1.165) is 24.2 Å². The van der Waals surface area contributed by atoms with Crippen molar-refractivity contribution in [2.45, 2.75) is 25.8 Å². The smallest absolute Gasteiger partial charge is 0.224 e. The second kappa shape index (κ2) is 9.08. The summed E-state index contributed by atoms with van der Waals surface area (Å²) in [7, 11) is 1.66. The Kier molecular flexibility index (Phi) is 6.82. The molecular formula is C20H26N2O2. The van der Waals surface area contributed by atoms with Crippen LogP contribution in [0.4, 0.5) is 0 Å². The van der Waals surface area contributed by atoms with Gasteiger partial charge in [-0.2, -0.15) is 0 Å². The standard InChI is InChI=1S/C20H26N2O2/c1-15(19(21)17-10-4-3-5-11-17)20(23)22-13-7-9-16-8-6-12-18(14-16)24-2/h3-6,8,10-12,14-15,19H,7,9,13,21H2,1-2H3,(H,22,23). The lowest BCUT2D eigenvalue weighted by Crippen LogP contribution is -2.36. The fourth-order valence-electron chi connectivity index (χ4n) is 2.62. The molecule has 0 aliphatic rings. The third-order valence-corrected chi connectivity index (χ3v) is 4.21. The van der Waals surface area contributed by atoms with Gasteiger partial charge in [0.25, 0.3) is 0 Å². The second-order valence-corrected chi connectivity index (χ2v) is 5.97. The van der Waals surface area contributed by atoms with Crippen molar-refractivity contribution in [1.82, 2.24) is 5.32 Å². The van der Waals surface area contributed by atoms with E-state index in [0.29, 0.717) is 6.54 Å². The van der Waals surface area contributed by atoms with E-state index < -0.39 is 0 Å². The lowest BCUT2D eigenvalue weighted by Gasteiger charge is -2.19. The van der Waals surface area contributed by atoms with Crippen molar-refractivity contribution < 1.29 is 9.53 Å². The zero-order valence-electron chi connectivity index (χ0n) is 14.4. The minimum absolute atomic E-state index is 0.00278. The molecule has 2 aromatic rings. The van der Waals surface area contributed by atoms with Crippen LogP contribution in [-0.4, -0.2) is 19.6 Å². The molecule has 4 nitrogen and oxygen atoms in total. The van der Waals surface area contributed by atoms with E-state index in [1.165, 1.54) is 5.56 Å². The van der Waals surface area contributed by atoms with E-state index in [1.807, 2.05) is 55.5 Å². The summed E-state index contributed by atoms with van der Waals surface area (Å²) < 4.78 is 5.22. The van der Waals surface area contributed by atoms with Gasteiger partial charge in [0.15, 0.2) is 0 Å². The molecule has 128 valence electrons. The Bertz CT molecular complexity index is 643.